The Balaban J connectivity index is 1.32. The molecule has 2 heterocycles. The van der Waals surface area contributed by atoms with E-state index in [1.807, 2.05) is 54.6 Å². The van der Waals surface area contributed by atoms with Crippen molar-refractivity contribution in [3.05, 3.63) is 70.9 Å². The molecule has 0 unspecified atom stereocenters. The second-order valence-corrected chi connectivity index (χ2v) is 7.96. The van der Waals surface area contributed by atoms with Crippen molar-refractivity contribution in [3.8, 4) is 0 Å². The number of carbonyl (C=O) groups is 2. The summed E-state index contributed by atoms with van der Waals surface area (Å²) in [4.78, 5) is 30.5. The summed E-state index contributed by atoms with van der Waals surface area (Å²) in [7, 11) is 0. The van der Waals surface area contributed by atoms with Crippen LogP contribution in [0.5, 0.6) is 0 Å². The van der Waals surface area contributed by atoms with Gasteiger partial charge in [0.25, 0.3) is 5.91 Å². The maximum Gasteiger partial charge on any atom is 0.270 e. The number of aromatic nitrogens is 1. The van der Waals surface area contributed by atoms with Crippen LogP contribution in [0.1, 0.15) is 28.9 Å². The van der Waals surface area contributed by atoms with Gasteiger partial charge in [0, 0.05) is 35.6 Å². The summed E-state index contributed by atoms with van der Waals surface area (Å²) in [5, 5.41) is 4.74. The third-order valence-electron chi connectivity index (χ3n) is 5.47. The number of fused-ring (bicyclic) bond motifs is 1. The fourth-order valence-electron chi connectivity index (χ4n) is 3.86. The summed E-state index contributed by atoms with van der Waals surface area (Å²) in [5.41, 5.74) is 2.66. The average molecular weight is 410 g/mol. The van der Waals surface area contributed by atoms with E-state index in [-0.39, 0.29) is 17.7 Å². The van der Waals surface area contributed by atoms with Crippen LogP contribution in [-0.2, 0) is 11.2 Å². The Morgan fingerprint density at radius 1 is 1.14 bits per heavy atom. The lowest BCUT2D eigenvalue weighted by atomic mass is 9.96. The summed E-state index contributed by atoms with van der Waals surface area (Å²) < 4.78 is 0. The predicted molar refractivity (Wildman–Crippen MR) is 115 cm³/mol. The van der Waals surface area contributed by atoms with Gasteiger partial charge in [-0.25, -0.2) is 0 Å². The summed E-state index contributed by atoms with van der Waals surface area (Å²) >= 11 is 5.90. The van der Waals surface area contributed by atoms with Gasteiger partial charge in [-0.2, -0.15) is 0 Å². The van der Waals surface area contributed by atoms with Crippen LogP contribution in [0.15, 0.2) is 54.6 Å². The first-order valence-electron chi connectivity index (χ1n) is 9.99. The second kappa shape index (κ2) is 8.70. The number of nitrogens with one attached hydrogen (secondary N) is 2. The second-order valence-electron chi connectivity index (χ2n) is 7.53. The molecule has 6 heteroatoms. The Morgan fingerprint density at radius 2 is 1.93 bits per heavy atom. The summed E-state index contributed by atoms with van der Waals surface area (Å²) in [6.45, 7) is 1.72. The minimum Gasteiger partial charge on any atom is -0.355 e. The normalized spacial score (nSPS) is 16.7. The predicted octanol–water partition coefficient (Wildman–Crippen LogP) is 4.03. The van der Waals surface area contributed by atoms with Crippen molar-refractivity contribution in [1.29, 1.82) is 0 Å². The molecule has 1 fully saturated rings. The van der Waals surface area contributed by atoms with Gasteiger partial charge >= 0.3 is 0 Å². The molecule has 0 bridgehead atoms. The molecule has 2 amide bonds. The molecular weight excluding hydrogens is 386 g/mol. The van der Waals surface area contributed by atoms with Gasteiger partial charge in [-0.15, -0.1) is 0 Å². The highest BCUT2D eigenvalue weighted by Crippen LogP contribution is 2.21. The number of H-pyrrole nitrogens is 1. The van der Waals surface area contributed by atoms with E-state index >= 15 is 0 Å². The monoisotopic (exact) mass is 409 g/mol. The average Bonchev–Trinajstić information content (AvgIpc) is 3.19. The van der Waals surface area contributed by atoms with Crippen molar-refractivity contribution in [1.82, 2.24) is 15.2 Å². The molecule has 2 aromatic carbocycles. The van der Waals surface area contributed by atoms with Gasteiger partial charge in [0.2, 0.25) is 5.91 Å². The maximum atomic E-state index is 12.9. The number of hydrogen-bond donors (Lipinski definition) is 2. The van der Waals surface area contributed by atoms with Gasteiger partial charge in [-0.05, 0) is 49.1 Å². The number of piperidine rings is 1. The van der Waals surface area contributed by atoms with Gasteiger partial charge < -0.3 is 15.2 Å². The van der Waals surface area contributed by atoms with Crippen LogP contribution in [0.3, 0.4) is 0 Å². The molecule has 5 nitrogen and oxygen atoms in total. The van der Waals surface area contributed by atoms with Crippen LogP contribution in [0.25, 0.3) is 10.9 Å². The van der Waals surface area contributed by atoms with E-state index in [0.29, 0.717) is 30.4 Å². The van der Waals surface area contributed by atoms with Crippen molar-refractivity contribution >= 4 is 34.3 Å². The molecule has 1 aliphatic rings. The topological polar surface area (TPSA) is 65.2 Å². The fraction of sp³-hybridized carbons (Fsp3) is 0.304. The molecule has 0 radical (unpaired) electrons. The Hall–Kier alpha value is -2.79. The fourth-order valence-corrected chi connectivity index (χ4v) is 3.99. The lowest BCUT2D eigenvalue weighted by Gasteiger charge is -2.31. The lowest BCUT2D eigenvalue weighted by molar-refractivity contribution is -0.126. The number of hydrogen-bond acceptors (Lipinski definition) is 2. The highest BCUT2D eigenvalue weighted by molar-refractivity contribution is 6.30. The number of carbonyl (C=O) groups excluding carboxylic acids is 2. The molecule has 3 aromatic rings. The van der Waals surface area contributed by atoms with Crippen LogP contribution < -0.4 is 5.32 Å². The van der Waals surface area contributed by atoms with Crippen molar-refractivity contribution < 1.29 is 9.59 Å². The number of aromatic amines is 1. The van der Waals surface area contributed by atoms with Gasteiger partial charge in [-0.1, -0.05) is 41.9 Å². The van der Waals surface area contributed by atoms with Gasteiger partial charge in [0.1, 0.15) is 5.69 Å². The molecule has 2 N–H and O–H groups in total. The number of benzene rings is 2. The number of amides is 2. The van der Waals surface area contributed by atoms with Gasteiger partial charge in [0.15, 0.2) is 0 Å². The molecule has 29 heavy (non-hydrogen) atoms. The first kappa shape index (κ1) is 19.5. The van der Waals surface area contributed by atoms with E-state index < -0.39 is 0 Å². The van der Waals surface area contributed by atoms with Crippen molar-refractivity contribution in [2.75, 3.05) is 19.6 Å². The molecule has 0 spiro atoms. The first-order chi connectivity index (χ1) is 14.1. The Kier molecular flexibility index (Phi) is 5.86. The summed E-state index contributed by atoms with van der Waals surface area (Å²) in [6, 6.07) is 17.4. The van der Waals surface area contributed by atoms with Crippen molar-refractivity contribution in [2.24, 2.45) is 5.92 Å². The third kappa shape index (κ3) is 4.62. The summed E-state index contributed by atoms with van der Waals surface area (Å²) in [5.74, 6) is -0.185. The van der Waals surface area contributed by atoms with Crippen LogP contribution in [0.4, 0.5) is 0 Å². The minimum absolute atomic E-state index is 0.0214. The number of para-hydroxylation sites is 1. The quantitative estimate of drug-likeness (QED) is 0.668. The van der Waals surface area contributed by atoms with Crippen LogP contribution in [-0.4, -0.2) is 41.3 Å². The maximum absolute atomic E-state index is 12.9. The smallest absolute Gasteiger partial charge is 0.270 e. The molecule has 150 valence electrons. The SMILES string of the molecule is O=C(NCCc1ccc(Cl)cc1)[C@@H]1CCCN(C(=O)c2cc3ccccc3[nH]2)C1. The van der Waals surface area contributed by atoms with Crippen molar-refractivity contribution in [3.63, 3.8) is 0 Å². The number of nitrogens with zero attached hydrogens (tertiary/aromatic N) is 1. The van der Waals surface area contributed by atoms with E-state index in [4.69, 9.17) is 11.6 Å². The Labute approximate surface area is 175 Å². The molecule has 0 saturated carbocycles. The third-order valence-corrected chi connectivity index (χ3v) is 5.72. The zero-order valence-corrected chi connectivity index (χ0v) is 16.9. The largest absolute Gasteiger partial charge is 0.355 e. The van der Waals surface area contributed by atoms with Crippen LogP contribution in [0, 0.1) is 5.92 Å². The molecule has 0 aliphatic carbocycles. The highest BCUT2D eigenvalue weighted by Gasteiger charge is 2.29. The van der Waals surface area contributed by atoms with Gasteiger partial charge in [0.05, 0.1) is 5.92 Å². The van der Waals surface area contributed by atoms with E-state index in [0.717, 1.165) is 35.7 Å². The van der Waals surface area contributed by atoms with Crippen LogP contribution in [0.2, 0.25) is 5.02 Å². The Morgan fingerprint density at radius 3 is 2.72 bits per heavy atom. The zero-order valence-electron chi connectivity index (χ0n) is 16.2. The van der Waals surface area contributed by atoms with E-state index in [1.165, 1.54) is 0 Å². The molecule has 4 rings (SSSR count). The molecule has 1 aromatic heterocycles. The van der Waals surface area contributed by atoms with E-state index in [9.17, 15) is 9.59 Å². The highest BCUT2D eigenvalue weighted by atomic mass is 35.5. The first-order valence-corrected chi connectivity index (χ1v) is 10.4. The number of likely N-dealkylation sites (tertiary alicyclic amines) is 1. The van der Waals surface area contributed by atoms with Crippen molar-refractivity contribution in [2.45, 2.75) is 19.3 Å². The van der Waals surface area contributed by atoms with Crippen LogP contribution >= 0.6 is 11.6 Å². The molecular formula is C23H24ClN3O2. The lowest BCUT2D eigenvalue weighted by Crippen LogP contribution is -2.45. The minimum atomic E-state index is -0.165. The van der Waals surface area contributed by atoms with Gasteiger partial charge in [-0.3, -0.25) is 9.59 Å². The zero-order chi connectivity index (χ0) is 20.2. The number of rotatable bonds is 5. The molecule has 1 atom stereocenters. The summed E-state index contributed by atoms with van der Waals surface area (Å²) in [6.07, 6.45) is 2.40. The standard InChI is InChI=1S/C23H24ClN3O2/c24-19-9-7-16(8-10-19)11-12-25-22(28)18-5-3-13-27(15-18)23(29)21-14-17-4-1-2-6-20(17)26-21/h1-2,4,6-10,14,18,26H,3,5,11-13,15H2,(H,25,28)/t18-/m1/s1. The Bertz CT molecular complexity index is 979. The number of halogens is 1. The molecule has 1 aliphatic heterocycles. The van der Waals surface area contributed by atoms with E-state index in [1.54, 1.807) is 4.90 Å². The molecule has 1 saturated heterocycles. The van der Waals surface area contributed by atoms with E-state index in [2.05, 4.69) is 10.3 Å².